The number of aromatic nitrogens is 1. The molecule has 1 aromatic rings. The van der Waals surface area contributed by atoms with Gasteiger partial charge in [0, 0.05) is 5.38 Å². The summed E-state index contributed by atoms with van der Waals surface area (Å²) in [5, 5.41) is 2.29. The van der Waals surface area contributed by atoms with Gasteiger partial charge in [0.05, 0.1) is 17.9 Å². The Morgan fingerprint density at radius 1 is 1.29 bits per heavy atom. The Morgan fingerprint density at radius 3 is 2.62 bits per heavy atom. The number of rotatable bonds is 10. The van der Waals surface area contributed by atoms with E-state index in [1.807, 2.05) is 11.5 Å². The largest absolute Gasteiger partial charge is 0.462 e. The number of carbonyl (C=O) groups is 1. The number of nitrogens with zero attached hydrogens (tertiary/aromatic N) is 1. The van der Waals surface area contributed by atoms with Gasteiger partial charge in [0.1, 0.15) is 0 Å². The van der Waals surface area contributed by atoms with Gasteiger partial charge in [-0.25, -0.2) is 9.78 Å². The molecule has 5 heteroatoms. The zero-order valence-electron chi connectivity index (χ0n) is 13.1. The molecule has 1 rings (SSSR count). The summed E-state index contributed by atoms with van der Waals surface area (Å²) < 4.78 is 5.34. The van der Waals surface area contributed by atoms with Gasteiger partial charge in [0.15, 0.2) is 5.13 Å². The van der Waals surface area contributed by atoms with Crippen LogP contribution in [0.2, 0.25) is 0 Å². The molecular weight excluding hydrogens is 284 g/mol. The summed E-state index contributed by atoms with van der Waals surface area (Å²) in [6.45, 7) is 4.76. The Kier molecular flexibility index (Phi) is 8.74. The minimum Gasteiger partial charge on any atom is -0.462 e. The van der Waals surface area contributed by atoms with E-state index >= 15 is 0 Å². The van der Waals surface area contributed by atoms with Crippen LogP contribution in [-0.2, 0) is 9.53 Å². The van der Waals surface area contributed by atoms with Crippen molar-refractivity contribution >= 4 is 28.0 Å². The summed E-state index contributed by atoms with van der Waals surface area (Å²) in [5.41, 5.74) is 6.85. The number of carbonyl (C=O) groups excluding carboxylic acids is 1. The molecule has 2 N–H and O–H groups in total. The predicted octanol–water partition coefficient (Wildman–Crippen LogP) is 4.42. The van der Waals surface area contributed by atoms with Crippen LogP contribution in [0.5, 0.6) is 0 Å². The van der Waals surface area contributed by atoms with Crippen molar-refractivity contribution in [2.24, 2.45) is 0 Å². The molecule has 0 radical (unpaired) electrons. The maximum atomic E-state index is 12.2. The number of unbranched alkanes of at least 4 members (excludes halogenated alkanes) is 5. The maximum absolute atomic E-state index is 12.2. The van der Waals surface area contributed by atoms with Crippen molar-refractivity contribution < 1.29 is 9.53 Å². The average molecular weight is 310 g/mol. The first-order valence-corrected chi connectivity index (χ1v) is 8.65. The van der Waals surface area contributed by atoms with Crippen molar-refractivity contribution in [1.29, 1.82) is 0 Å². The van der Waals surface area contributed by atoms with E-state index in [1.54, 1.807) is 0 Å². The lowest BCUT2D eigenvalue weighted by molar-refractivity contribution is -0.136. The molecule has 4 nitrogen and oxygen atoms in total. The van der Waals surface area contributed by atoms with Gasteiger partial charge in [-0.05, 0) is 19.3 Å². The van der Waals surface area contributed by atoms with Crippen LogP contribution in [0.15, 0.2) is 11.5 Å². The average Bonchev–Trinajstić information content (AvgIpc) is 2.89. The van der Waals surface area contributed by atoms with E-state index in [9.17, 15) is 4.79 Å². The molecule has 0 aliphatic heterocycles. The molecule has 118 valence electrons. The molecule has 0 aliphatic rings. The second kappa shape index (κ2) is 10.4. The van der Waals surface area contributed by atoms with E-state index in [0.717, 1.165) is 44.9 Å². The Morgan fingerprint density at radius 2 is 2.00 bits per heavy atom. The van der Waals surface area contributed by atoms with Crippen LogP contribution in [-0.4, -0.2) is 17.6 Å². The zero-order valence-corrected chi connectivity index (χ0v) is 13.9. The third kappa shape index (κ3) is 6.76. The molecule has 0 amide bonds. The number of hydrogen-bond acceptors (Lipinski definition) is 5. The standard InChI is InChI=1S/C16H26N2O2S/c1-3-5-7-8-10-13(14-12-21-16(17)18-14)15(19)20-11-9-6-4-2/h10,12H,3-9,11H2,1-2H3,(H2,17,18)/b13-10+. The minimum absolute atomic E-state index is 0.284. The van der Waals surface area contributed by atoms with Crippen molar-refractivity contribution in [3.05, 3.63) is 17.2 Å². The van der Waals surface area contributed by atoms with Gasteiger partial charge in [-0.2, -0.15) is 0 Å². The van der Waals surface area contributed by atoms with E-state index in [1.165, 1.54) is 11.3 Å². The van der Waals surface area contributed by atoms with Crippen molar-refractivity contribution in [2.75, 3.05) is 12.3 Å². The molecule has 0 atom stereocenters. The molecule has 1 aromatic heterocycles. The molecular formula is C16H26N2O2S. The highest BCUT2D eigenvalue weighted by Gasteiger charge is 2.16. The number of anilines is 1. The number of hydrogen-bond donors (Lipinski definition) is 1. The Hall–Kier alpha value is -1.36. The molecule has 0 aliphatic carbocycles. The second-order valence-electron chi connectivity index (χ2n) is 5.03. The van der Waals surface area contributed by atoms with Gasteiger partial charge < -0.3 is 10.5 Å². The van der Waals surface area contributed by atoms with E-state index in [2.05, 4.69) is 18.8 Å². The number of ether oxygens (including phenoxy) is 1. The summed E-state index contributed by atoms with van der Waals surface area (Å²) >= 11 is 1.34. The SMILES string of the molecule is CCCCC/C=C(/C(=O)OCCCCC)c1csc(N)n1. The summed E-state index contributed by atoms with van der Waals surface area (Å²) in [4.78, 5) is 16.4. The van der Waals surface area contributed by atoms with Crippen LogP contribution in [0, 0.1) is 0 Å². The molecule has 0 saturated carbocycles. The third-order valence-corrected chi connectivity index (χ3v) is 3.83. The first kappa shape index (κ1) is 17.7. The van der Waals surface area contributed by atoms with Crippen molar-refractivity contribution in [1.82, 2.24) is 4.98 Å². The van der Waals surface area contributed by atoms with Crippen LogP contribution in [0.25, 0.3) is 5.57 Å². The predicted molar refractivity (Wildman–Crippen MR) is 89.1 cm³/mol. The summed E-state index contributed by atoms with van der Waals surface area (Å²) in [6, 6.07) is 0. The minimum atomic E-state index is -0.284. The van der Waals surface area contributed by atoms with E-state index in [4.69, 9.17) is 10.5 Å². The number of allylic oxidation sites excluding steroid dienone is 1. The van der Waals surface area contributed by atoms with Gasteiger partial charge >= 0.3 is 5.97 Å². The highest BCUT2D eigenvalue weighted by atomic mass is 32.1. The van der Waals surface area contributed by atoms with Crippen molar-refractivity contribution in [3.63, 3.8) is 0 Å². The molecule has 0 spiro atoms. The van der Waals surface area contributed by atoms with Gasteiger partial charge in [0.2, 0.25) is 0 Å². The van der Waals surface area contributed by atoms with E-state index < -0.39 is 0 Å². The highest BCUT2D eigenvalue weighted by molar-refractivity contribution is 7.13. The molecule has 0 bridgehead atoms. The number of nitrogens with two attached hydrogens (primary N) is 1. The van der Waals surface area contributed by atoms with Gasteiger partial charge in [-0.1, -0.05) is 45.6 Å². The second-order valence-corrected chi connectivity index (χ2v) is 5.92. The lowest BCUT2D eigenvalue weighted by Crippen LogP contribution is -2.09. The summed E-state index contributed by atoms with van der Waals surface area (Å²) in [6.07, 6.45) is 9.29. The Balaban J connectivity index is 2.65. The first-order chi connectivity index (χ1) is 10.2. The van der Waals surface area contributed by atoms with Crippen LogP contribution in [0.3, 0.4) is 0 Å². The molecule has 0 aromatic carbocycles. The first-order valence-electron chi connectivity index (χ1n) is 7.77. The quantitative estimate of drug-likeness (QED) is 0.394. The van der Waals surface area contributed by atoms with Gasteiger partial charge in [0.25, 0.3) is 0 Å². The normalized spacial score (nSPS) is 11.6. The smallest absolute Gasteiger partial charge is 0.340 e. The number of thiazole rings is 1. The van der Waals surface area contributed by atoms with Crippen LogP contribution in [0.1, 0.15) is 64.5 Å². The molecule has 1 heterocycles. The van der Waals surface area contributed by atoms with E-state index in [-0.39, 0.29) is 5.97 Å². The summed E-state index contributed by atoms with van der Waals surface area (Å²) in [7, 11) is 0. The van der Waals surface area contributed by atoms with Crippen LogP contribution < -0.4 is 5.73 Å². The molecule has 0 unspecified atom stereocenters. The van der Waals surface area contributed by atoms with Crippen LogP contribution in [0.4, 0.5) is 5.13 Å². The van der Waals surface area contributed by atoms with Gasteiger partial charge in [-0.3, -0.25) is 0 Å². The number of nitrogen functional groups attached to an aromatic ring is 1. The highest BCUT2D eigenvalue weighted by Crippen LogP contribution is 2.22. The summed E-state index contributed by atoms with van der Waals surface area (Å²) in [5.74, 6) is -0.284. The maximum Gasteiger partial charge on any atom is 0.340 e. The lowest BCUT2D eigenvalue weighted by Gasteiger charge is -2.06. The topological polar surface area (TPSA) is 65.2 Å². The Labute approximate surface area is 131 Å². The Bertz CT molecular complexity index is 455. The molecule has 0 saturated heterocycles. The van der Waals surface area contributed by atoms with Crippen molar-refractivity contribution in [2.45, 2.75) is 58.8 Å². The van der Waals surface area contributed by atoms with Crippen molar-refractivity contribution in [3.8, 4) is 0 Å². The molecule has 0 fully saturated rings. The molecule has 21 heavy (non-hydrogen) atoms. The lowest BCUT2D eigenvalue weighted by atomic mass is 10.1. The van der Waals surface area contributed by atoms with E-state index in [0.29, 0.717) is 23.0 Å². The fourth-order valence-electron chi connectivity index (χ4n) is 1.94. The van der Waals surface area contributed by atoms with Crippen LogP contribution >= 0.6 is 11.3 Å². The van der Waals surface area contributed by atoms with Gasteiger partial charge in [-0.15, -0.1) is 11.3 Å². The fraction of sp³-hybridized carbons (Fsp3) is 0.625. The monoisotopic (exact) mass is 310 g/mol. The zero-order chi connectivity index (χ0) is 15.5. The third-order valence-electron chi connectivity index (χ3n) is 3.15. The number of esters is 1. The fourth-order valence-corrected chi connectivity index (χ4v) is 2.50.